The van der Waals surface area contributed by atoms with Crippen LogP contribution in [0.3, 0.4) is 0 Å². The normalized spacial score (nSPS) is 14.0. The maximum Gasteiger partial charge on any atom is 0.461 e. The van der Waals surface area contributed by atoms with E-state index >= 15 is 0 Å². The fourth-order valence-electron chi connectivity index (χ4n) is 6.82. The molecule has 4 aromatic carbocycles. The summed E-state index contributed by atoms with van der Waals surface area (Å²) in [5.74, 6) is 0.872. The summed E-state index contributed by atoms with van der Waals surface area (Å²) in [4.78, 5) is 14.2. The van der Waals surface area contributed by atoms with Crippen molar-refractivity contribution < 1.29 is 4.42 Å². The summed E-state index contributed by atoms with van der Waals surface area (Å²) >= 11 is 0. The molecule has 0 fully saturated rings. The van der Waals surface area contributed by atoms with Gasteiger partial charge in [0.05, 0.1) is 27.8 Å². The second kappa shape index (κ2) is 6.77. The molecule has 3 aliphatic rings. The van der Waals surface area contributed by atoms with Gasteiger partial charge in [-0.2, -0.15) is 0 Å². The van der Waals surface area contributed by atoms with Crippen molar-refractivity contribution in [1.82, 2.24) is 14.5 Å². The third-order valence-corrected chi connectivity index (χ3v) is 8.38. The minimum Gasteiger partial charge on any atom is -0.439 e. The SMILES string of the molecule is c1ccc2c(c1)N1B(c3nc4ccccc4n3-2)N2c3ccc(-c4ccncc4)cc3-c3cccc4oc1c2c34. The smallest absolute Gasteiger partial charge is 0.439 e. The van der Waals surface area contributed by atoms with Crippen LogP contribution < -0.4 is 15.3 Å². The van der Waals surface area contributed by atoms with Crippen LogP contribution in [0.5, 0.6) is 0 Å². The minimum absolute atomic E-state index is 0.177. The summed E-state index contributed by atoms with van der Waals surface area (Å²) in [6.07, 6.45) is 3.69. The highest BCUT2D eigenvalue weighted by molar-refractivity contribution is 6.84. The molecule has 6 nitrogen and oxygen atoms in total. The lowest BCUT2D eigenvalue weighted by molar-refractivity contribution is 0.627. The van der Waals surface area contributed by atoms with E-state index in [9.17, 15) is 0 Å². The lowest BCUT2D eigenvalue weighted by atomic mass is 9.68. The first-order valence-electron chi connectivity index (χ1n) is 13.1. The van der Waals surface area contributed by atoms with Crippen molar-refractivity contribution in [1.29, 1.82) is 0 Å². The van der Waals surface area contributed by atoms with E-state index < -0.39 is 0 Å². The van der Waals surface area contributed by atoms with E-state index in [1.165, 1.54) is 11.1 Å². The molecule has 0 atom stereocenters. The van der Waals surface area contributed by atoms with Crippen molar-refractivity contribution in [3.05, 3.63) is 109 Å². The Kier molecular flexibility index (Phi) is 3.43. The standard InChI is InChI=1S/C32H18BN5O/c1-2-8-25-23(7-1)35-32-33-37-24-13-12-20(19-14-16-34-17-15-19)18-22(24)21-6-5-11-28-29(21)30(37)31(39-28)38(33)27-10-4-3-9-26(27)36(25)32/h1-18H. The number of aromatic nitrogens is 3. The number of para-hydroxylation sites is 4. The first-order chi connectivity index (χ1) is 19.4. The van der Waals surface area contributed by atoms with Crippen LogP contribution in [0, 0.1) is 0 Å². The average Bonchev–Trinajstić information content (AvgIpc) is 3.67. The maximum atomic E-state index is 6.70. The molecule has 0 radical (unpaired) electrons. The molecule has 39 heavy (non-hydrogen) atoms. The van der Waals surface area contributed by atoms with Gasteiger partial charge in [-0.1, -0.05) is 42.5 Å². The molecule has 0 amide bonds. The van der Waals surface area contributed by atoms with E-state index in [1.807, 2.05) is 12.4 Å². The van der Waals surface area contributed by atoms with Gasteiger partial charge >= 0.3 is 6.98 Å². The number of fused-ring (bicyclic) bond motifs is 13. The van der Waals surface area contributed by atoms with Gasteiger partial charge in [-0.25, -0.2) is 4.98 Å². The molecule has 3 aliphatic heterocycles. The third-order valence-electron chi connectivity index (χ3n) is 8.38. The van der Waals surface area contributed by atoms with Gasteiger partial charge in [-0.05, 0) is 71.3 Å². The molecule has 0 saturated carbocycles. The van der Waals surface area contributed by atoms with Gasteiger partial charge in [0.15, 0.2) is 0 Å². The monoisotopic (exact) mass is 499 g/mol. The minimum atomic E-state index is -0.177. The predicted octanol–water partition coefficient (Wildman–Crippen LogP) is 6.81. The Balaban J connectivity index is 1.32. The third kappa shape index (κ3) is 2.30. The number of hydrogen-bond acceptors (Lipinski definition) is 5. The maximum absolute atomic E-state index is 6.70. The van der Waals surface area contributed by atoms with Crippen molar-refractivity contribution in [2.24, 2.45) is 0 Å². The van der Waals surface area contributed by atoms with Crippen LogP contribution in [0.25, 0.3) is 49.9 Å². The number of anilines is 4. The molecule has 3 aromatic heterocycles. The lowest BCUT2D eigenvalue weighted by Crippen LogP contribution is -2.59. The fraction of sp³-hybridized carbons (Fsp3) is 0. The topological polar surface area (TPSA) is 50.3 Å². The number of nitrogens with zero attached hydrogens (tertiary/aromatic N) is 5. The Morgan fingerprint density at radius 2 is 1.51 bits per heavy atom. The van der Waals surface area contributed by atoms with Crippen LogP contribution >= 0.6 is 0 Å². The summed E-state index contributed by atoms with van der Waals surface area (Å²) < 4.78 is 9.02. The molecule has 6 heterocycles. The largest absolute Gasteiger partial charge is 0.461 e. The number of rotatable bonds is 1. The van der Waals surface area contributed by atoms with Crippen LogP contribution in [-0.2, 0) is 0 Å². The zero-order valence-corrected chi connectivity index (χ0v) is 20.6. The van der Waals surface area contributed by atoms with E-state index in [1.54, 1.807) is 0 Å². The molecule has 0 aliphatic carbocycles. The van der Waals surface area contributed by atoms with E-state index in [4.69, 9.17) is 9.40 Å². The number of furan rings is 1. The highest BCUT2D eigenvalue weighted by Crippen LogP contribution is 2.60. The summed E-state index contributed by atoms with van der Waals surface area (Å²) in [6, 6.07) is 34.2. The predicted molar refractivity (Wildman–Crippen MR) is 156 cm³/mol. The van der Waals surface area contributed by atoms with Crippen molar-refractivity contribution in [2.75, 3.05) is 9.62 Å². The van der Waals surface area contributed by atoms with Crippen LogP contribution in [0.15, 0.2) is 114 Å². The Hall–Kier alpha value is -5.30. The van der Waals surface area contributed by atoms with Crippen molar-refractivity contribution in [2.45, 2.75) is 0 Å². The molecule has 7 aromatic rings. The second-order valence-corrected chi connectivity index (χ2v) is 10.3. The Morgan fingerprint density at radius 3 is 2.44 bits per heavy atom. The van der Waals surface area contributed by atoms with E-state index in [0.717, 1.165) is 67.5 Å². The molecule has 0 bridgehead atoms. The summed E-state index contributed by atoms with van der Waals surface area (Å²) in [7, 11) is 0. The van der Waals surface area contributed by atoms with Gasteiger partial charge in [0.25, 0.3) is 0 Å². The highest BCUT2D eigenvalue weighted by atomic mass is 16.4. The van der Waals surface area contributed by atoms with E-state index in [0.29, 0.717) is 0 Å². The van der Waals surface area contributed by atoms with Crippen molar-refractivity contribution in [3.8, 4) is 27.9 Å². The summed E-state index contributed by atoms with van der Waals surface area (Å²) in [6.45, 7) is -0.177. The van der Waals surface area contributed by atoms with Crippen molar-refractivity contribution >= 4 is 57.7 Å². The molecule has 0 spiro atoms. The quantitative estimate of drug-likeness (QED) is 0.232. The second-order valence-electron chi connectivity index (χ2n) is 10.3. The average molecular weight is 499 g/mol. The van der Waals surface area contributed by atoms with Crippen molar-refractivity contribution in [3.63, 3.8) is 0 Å². The van der Waals surface area contributed by atoms with Gasteiger partial charge in [0.1, 0.15) is 17.0 Å². The van der Waals surface area contributed by atoms with E-state index in [-0.39, 0.29) is 6.98 Å². The molecule has 180 valence electrons. The lowest BCUT2D eigenvalue weighted by Gasteiger charge is -2.36. The van der Waals surface area contributed by atoms with Crippen LogP contribution in [0.4, 0.5) is 22.9 Å². The van der Waals surface area contributed by atoms with Gasteiger partial charge < -0.3 is 14.0 Å². The van der Waals surface area contributed by atoms with Gasteiger partial charge in [0.2, 0.25) is 5.88 Å². The molecule has 0 N–H and O–H groups in total. The first kappa shape index (κ1) is 19.8. The Bertz CT molecular complexity index is 2170. The Labute approximate surface area is 223 Å². The van der Waals surface area contributed by atoms with Gasteiger partial charge in [-0.15, -0.1) is 0 Å². The zero-order valence-electron chi connectivity index (χ0n) is 20.6. The van der Waals surface area contributed by atoms with Crippen LogP contribution in [0.1, 0.15) is 0 Å². The first-order valence-corrected chi connectivity index (χ1v) is 13.1. The summed E-state index contributed by atoms with van der Waals surface area (Å²) in [5, 5.41) is 1.15. The molecule has 7 heteroatoms. The summed E-state index contributed by atoms with van der Waals surface area (Å²) in [5.41, 5.74) is 13.2. The molecule has 10 rings (SSSR count). The molecule has 0 unspecified atom stereocenters. The van der Waals surface area contributed by atoms with Crippen LogP contribution in [-0.4, -0.2) is 21.5 Å². The van der Waals surface area contributed by atoms with Gasteiger partial charge in [0, 0.05) is 23.6 Å². The number of imidazole rings is 1. The number of pyridine rings is 1. The molecule has 0 saturated heterocycles. The molecular weight excluding hydrogens is 481 g/mol. The number of hydrogen-bond donors (Lipinski definition) is 0. The van der Waals surface area contributed by atoms with Gasteiger partial charge in [-0.3, -0.25) is 9.55 Å². The number of benzene rings is 4. The van der Waals surface area contributed by atoms with E-state index in [2.05, 4.69) is 116 Å². The van der Waals surface area contributed by atoms with Crippen LogP contribution in [0.2, 0.25) is 0 Å². The zero-order chi connectivity index (χ0) is 25.2. The molecular formula is C32H18BN5O. The highest BCUT2D eigenvalue weighted by Gasteiger charge is 2.54. The fourth-order valence-corrected chi connectivity index (χ4v) is 6.82. The Morgan fingerprint density at radius 1 is 0.667 bits per heavy atom.